The van der Waals surface area contributed by atoms with E-state index in [-0.39, 0.29) is 12.0 Å². The molecule has 0 aliphatic carbocycles. The van der Waals surface area contributed by atoms with Crippen LogP contribution in [0.25, 0.3) is 0 Å². The summed E-state index contributed by atoms with van der Waals surface area (Å²) in [5.41, 5.74) is 0. The van der Waals surface area contributed by atoms with Gasteiger partial charge in [0.15, 0.2) is 5.79 Å². The zero-order chi connectivity index (χ0) is 20.0. The first kappa shape index (κ1) is 24.9. The van der Waals surface area contributed by atoms with E-state index in [0.717, 1.165) is 51.9 Å². The Balaban J connectivity index is 2.79. The van der Waals surface area contributed by atoms with Gasteiger partial charge in [0, 0.05) is 19.1 Å². The lowest BCUT2D eigenvalue weighted by Gasteiger charge is -2.41. The largest absolute Gasteiger partial charge is 0.375 e. The maximum Gasteiger partial charge on any atom is 0.170 e. The smallest absolute Gasteiger partial charge is 0.170 e. The summed E-state index contributed by atoms with van der Waals surface area (Å²) in [6, 6.07) is 0. The minimum atomic E-state index is -0.569. The van der Waals surface area contributed by atoms with Crippen LogP contribution in [0.5, 0.6) is 0 Å². The van der Waals surface area contributed by atoms with Crippen molar-refractivity contribution in [2.45, 2.75) is 117 Å². The highest BCUT2D eigenvalue weighted by Gasteiger charge is 2.41. The molecule has 0 spiro atoms. The van der Waals surface area contributed by atoms with Gasteiger partial charge < -0.3 is 18.9 Å². The van der Waals surface area contributed by atoms with Crippen molar-refractivity contribution in [2.24, 2.45) is 5.92 Å². The van der Waals surface area contributed by atoms with Crippen LogP contribution in [0.4, 0.5) is 0 Å². The Kier molecular flexibility index (Phi) is 13.6. The predicted octanol–water partition coefficient (Wildman–Crippen LogP) is 6.12. The summed E-state index contributed by atoms with van der Waals surface area (Å²) in [7, 11) is 0. The van der Waals surface area contributed by atoms with Gasteiger partial charge in [0.25, 0.3) is 0 Å². The van der Waals surface area contributed by atoms with Gasteiger partial charge in [0.1, 0.15) is 6.10 Å². The summed E-state index contributed by atoms with van der Waals surface area (Å²) in [4.78, 5) is 0. The molecule has 1 fully saturated rings. The lowest BCUT2D eigenvalue weighted by Crippen LogP contribution is -2.48. The Morgan fingerprint density at radius 2 is 1.48 bits per heavy atom. The summed E-state index contributed by atoms with van der Waals surface area (Å²) in [6.45, 7) is 14.0. The van der Waals surface area contributed by atoms with E-state index in [1.165, 1.54) is 32.1 Å². The molecule has 0 saturated carbocycles. The monoisotopic (exact) mass is 386 g/mol. The maximum atomic E-state index is 6.41. The van der Waals surface area contributed by atoms with Crippen LogP contribution in [0.1, 0.15) is 98.8 Å². The van der Waals surface area contributed by atoms with Crippen molar-refractivity contribution in [3.05, 3.63) is 0 Å². The first-order valence-electron chi connectivity index (χ1n) is 11.6. The quantitative estimate of drug-likeness (QED) is 0.152. The van der Waals surface area contributed by atoms with E-state index in [1.54, 1.807) is 0 Å². The molecule has 0 aromatic heterocycles. The van der Waals surface area contributed by atoms with Gasteiger partial charge in [-0.25, -0.2) is 0 Å². The minimum absolute atomic E-state index is 0.175. The van der Waals surface area contributed by atoms with Crippen LogP contribution in [0.3, 0.4) is 0 Å². The van der Waals surface area contributed by atoms with Crippen molar-refractivity contribution >= 4 is 0 Å². The van der Waals surface area contributed by atoms with Crippen LogP contribution in [-0.2, 0) is 18.9 Å². The number of epoxide rings is 1. The van der Waals surface area contributed by atoms with Gasteiger partial charge in [-0.1, -0.05) is 66.2 Å². The molecular formula is C23H46O4. The summed E-state index contributed by atoms with van der Waals surface area (Å²) >= 11 is 0. The number of rotatable bonds is 19. The van der Waals surface area contributed by atoms with E-state index in [9.17, 15) is 0 Å². The standard InChI is InChI=1S/C23H46O4/c1-6-10-11-12-13-15-22(25-19-20-18-24-20)21(14-7-2)23(5,26-16-8-3)27-17-9-4/h20-22H,6-19H2,1-5H3. The van der Waals surface area contributed by atoms with Crippen molar-refractivity contribution in [1.82, 2.24) is 0 Å². The van der Waals surface area contributed by atoms with Gasteiger partial charge in [0.2, 0.25) is 0 Å². The predicted molar refractivity (Wildman–Crippen MR) is 112 cm³/mol. The molecule has 4 nitrogen and oxygen atoms in total. The zero-order valence-electron chi connectivity index (χ0n) is 18.8. The second-order valence-electron chi connectivity index (χ2n) is 8.14. The minimum Gasteiger partial charge on any atom is -0.375 e. The van der Waals surface area contributed by atoms with E-state index >= 15 is 0 Å². The molecule has 0 bridgehead atoms. The average molecular weight is 387 g/mol. The SMILES string of the molecule is CCCCCCCC(OCC1CO1)C(CCC)C(C)(OCCC)OCCC. The fourth-order valence-corrected chi connectivity index (χ4v) is 3.71. The lowest BCUT2D eigenvalue weighted by atomic mass is 9.85. The summed E-state index contributed by atoms with van der Waals surface area (Å²) < 4.78 is 24.4. The zero-order valence-corrected chi connectivity index (χ0v) is 18.8. The first-order valence-corrected chi connectivity index (χ1v) is 11.6. The van der Waals surface area contributed by atoms with Crippen molar-refractivity contribution in [3.8, 4) is 0 Å². The number of hydrogen-bond donors (Lipinski definition) is 0. The van der Waals surface area contributed by atoms with Crippen molar-refractivity contribution in [2.75, 3.05) is 26.4 Å². The fraction of sp³-hybridized carbons (Fsp3) is 1.00. The van der Waals surface area contributed by atoms with Gasteiger partial charge in [-0.05, 0) is 32.6 Å². The molecule has 1 rings (SSSR count). The van der Waals surface area contributed by atoms with E-state index in [1.807, 2.05) is 0 Å². The normalized spacial score (nSPS) is 19.2. The highest BCUT2D eigenvalue weighted by molar-refractivity contribution is 4.84. The molecule has 3 atom stereocenters. The second kappa shape index (κ2) is 14.8. The van der Waals surface area contributed by atoms with E-state index in [0.29, 0.717) is 12.7 Å². The van der Waals surface area contributed by atoms with Crippen molar-refractivity contribution in [1.29, 1.82) is 0 Å². The van der Waals surface area contributed by atoms with Crippen LogP contribution in [0.2, 0.25) is 0 Å². The third-order valence-corrected chi connectivity index (χ3v) is 5.40. The highest BCUT2D eigenvalue weighted by Crippen LogP contribution is 2.35. The molecule has 0 N–H and O–H groups in total. The molecule has 1 heterocycles. The molecule has 1 aliphatic rings. The molecule has 27 heavy (non-hydrogen) atoms. The first-order chi connectivity index (χ1) is 13.1. The Bertz CT molecular complexity index is 335. The van der Waals surface area contributed by atoms with E-state index in [2.05, 4.69) is 34.6 Å². The average Bonchev–Trinajstić information content (AvgIpc) is 3.50. The molecule has 4 heteroatoms. The fourth-order valence-electron chi connectivity index (χ4n) is 3.71. The van der Waals surface area contributed by atoms with Crippen LogP contribution in [-0.4, -0.2) is 44.4 Å². The Labute approximate surface area is 168 Å². The molecule has 0 amide bonds. The molecule has 1 aliphatic heterocycles. The Morgan fingerprint density at radius 1 is 0.852 bits per heavy atom. The summed E-state index contributed by atoms with van der Waals surface area (Å²) in [6.07, 6.45) is 12.2. The van der Waals surface area contributed by atoms with E-state index in [4.69, 9.17) is 18.9 Å². The third-order valence-electron chi connectivity index (χ3n) is 5.40. The van der Waals surface area contributed by atoms with Gasteiger partial charge in [-0.3, -0.25) is 0 Å². The van der Waals surface area contributed by atoms with Crippen molar-refractivity contribution in [3.63, 3.8) is 0 Å². The van der Waals surface area contributed by atoms with Crippen LogP contribution >= 0.6 is 0 Å². The van der Waals surface area contributed by atoms with Gasteiger partial charge >= 0.3 is 0 Å². The highest BCUT2D eigenvalue weighted by atomic mass is 16.7. The van der Waals surface area contributed by atoms with Crippen molar-refractivity contribution < 1.29 is 18.9 Å². The number of ether oxygens (including phenoxy) is 4. The third kappa shape index (κ3) is 10.3. The van der Waals surface area contributed by atoms with Gasteiger partial charge in [0.05, 0.1) is 19.3 Å². The van der Waals surface area contributed by atoms with Crippen LogP contribution in [0.15, 0.2) is 0 Å². The molecule has 0 radical (unpaired) electrons. The maximum absolute atomic E-state index is 6.41. The van der Waals surface area contributed by atoms with Crippen LogP contribution < -0.4 is 0 Å². The lowest BCUT2D eigenvalue weighted by molar-refractivity contribution is -0.276. The Hall–Kier alpha value is -0.160. The number of unbranched alkanes of at least 4 members (excludes halogenated alkanes) is 4. The topological polar surface area (TPSA) is 40.2 Å². The van der Waals surface area contributed by atoms with Gasteiger partial charge in [-0.15, -0.1) is 0 Å². The van der Waals surface area contributed by atoms with E-state index < -0.39 is 5.79 Å². The number of hydrogen-bond acceptors (Lipinski definition) is 4. The second-order valence-corrected chi connectivity index (χ2v) is 8.14. The molecule has 0 aromatic carbocycles. The Morgan fingerprint density at radius 3 is 2.00 bits per heavy atom. The summed E-state index contributed by atoms with van der Waals surface area (Å²) in [5, 5.41) is 0. The molecule has 1 saturated heterocycles. The molecule has 162 valence electrons. The van der Waals surface area contributed by atoms with Gasteiger partial charge in [-0.2, -0.15) is 0 Å². The summed E-state index contributed by atoms with van der Waals surface area (Å²) in [5.74, 6) is -0.314. The molecule has 0 aromatic rings. The molecular weight excluding hydrogens is 340 g/mol. The van der Waals surface area contributed by atoms with Crippen LogP contribution in [0, 0.1) is 5.92 Å². The molecule has 3 unspecified atom stereocenters.